The number of carbonyl (C=O) groups excluding carboxylic acids is 1. The summed E-state index contributed by atoms with van der Waals surface area (Å²) >= 11 is 11.8. The molecule has 1 aliphatic rings. The van der Waals surface area contributed by atoms with Gasteiger partial charge in [-0.05, 0) is 60.9 Å². The average Bonchev–Trinajstić information content (AvgIpc) is 2.38. The number of halogens is 2. The molecule has 0 aromatic heterocycles. The van der Waals surface area contributed by atoms with Gasteiger partial charge in [-0.25, -0.2) is 0 Å². The van der Waals surface area contributed by atoms with Gasteiger partial charge in [-0.3, -0.25) is 4.79 Å². The van der Waals surface area contributed by atoms with Crippen LogP contribution >= 0.6 is 23.2 Å². The first-order chi connectivity index (χ1) is 9.47. The third-order valence-electron chi connectivity index (χ3n) is 2.76. The van der Waals surface area contributed by atoms with Crippen molar-refractivity contribution in [3.05, 3.63) is 63.3 Å². The minimum Gasteiger partial charge on any atom is -0.289 e. The Morgan fingerprint density at radius 1 is 1.10 bits per heavy atom. The first-order valence-electron chi connectivity index (χ1n) is 5.95. The molecule has 0 bridgehead atoms. The van der Waals surface area contributed by atoms with Crippen LogP contribution in [0.1, 0.15) is 13.8 Å². The first kappa shape index (κ1) is 14.7. The Labute approximate surface area is 127 Å². The SMILES string of the molecule is CC1=CC(=CN=Nc2ccc(Cl)cc2Cl)C=C(C)C1=O. The second kappa shape index (κ2) is 6.16. The predicted molar refractivity (Wildman–Crippen MR) is 81.6 cm³/mol. The van der Waals surface area contributed by atoms with Crippen LogP contribution in [0.5, 0.6) is 0 Å². The molecule has 0 fully saturated rings. The van der Waals surface area contributed by atoms with Crippen LogP contribution in [0.15, 0.2) is 63.5 Å². The number of nitrogens with zero attached hydrogens (tertiary/aromatic N) is 2. The molecule has 0 N–H and O–H groups in total. The van der Waals surface area contributed by atoms with E-state index in [1.54, 1.807) is 50.4 Å². The molecule has 1 aromatic rings. The summed E-state index contributed by atoms with van der Waals surface area (Å²) in [6.45, 7) is 3.56. The predicted octanol–water partition coefficient (Wildman–Crippen LogP) is 5.44. The van der Waals surface area contributed by atoms with Crippen LogP contribution in [0.4, 0.5) is 5.69 Å². The second-order valence-corrected chi connectivity index (χ2v) is 5.27. The van der Waals surface area contributed by atoms with E-state index in [2.05, 4.69) is 10.2 Å². The topological polar surface area (TPSA) is 41.8 Å². The molecule has 0 aliphatic heterocycles. The number of azo groups is 1. The molecule has 0 spiro atoms. The summed E-state index contributed by atoms with van der Waals surface area (Å²) in [6.07, 6.45) is 5.14. The molecule has 0 saturated heterocycles. The van der Waals surface area contributed by atoms with Crippen LogP contribution in [0.3, 0.4) is 0 Å². The standard InChI is InChI=1S/C15H12Cl2N2O/c1-9-5-11(6-10(2)15(9)20)8-18-19-14-4-3-12(16)7-13(14)17/h3-8H,1-2H3. The van der Waals surface area contributed by atoms with Crippen LogP contribution < -0.4 is 0 Å². The number of hydrogen-bond acceptors (Lipinski definition) is 3. The van der Waals surface area contributed by atoms with Crippen molar-refractivity contribution >= 4 is 34.7 Å². The van der Waals surface area contributed by atoms with Crippen molar-refractivity contribution in [1.29, 1.82) is 0 Å². The number of Topliss-reactive ketones (excluding diaryl/α,β-unsaturated/α-hetero) is 1. The highest BCUT2D eigenvalue weighted by atomic mass is 35.5. The highest BCUT2D eigenvalue weighted by molar-refractivity contribution is 6.36. The first-order valence-corrected chi connectivity index (χ1v) is 6.70. The minimum absolute atomic E-state index is 0.0554. The summed E-state index contributed by atoms with van der Waals surface area (Å²) in [7, 11) is 0. The van der Waals surface area contributed by atoms with Gasteiger partial charge in [0.15, 0.2) is 5.78 Å². The molecule has 3 nitrogen and oxygen atoms in total. The van der Waals surface area contributed by atoms with Crippen LogP contribution in [0.2, 0.25) is 10.0 Å². The summed E-state index contributed by atoms with van der Waals surface area (Å²) in [5.74, 6) is 0.0554. The number of allylic oxidation sites excluding steroid dienone is 5. The fourth-order valence-corrected chi connectivity index (χ4v) is 2.22. The molecule has 20 heavy (non-hydrogen) atoms. The number of carbonyl (C=O) groups is 1. The third kappa shape index (κ3) is 3.44. The van der Waals surface area contributed by atoms with Gasteiger partial charge in [-0.2, -0.15) is 5.11 Å². The molecule has 0 radical (unpaired) electrons. The summed E-state index contributed by atoms with van der Waals surface area (Å²) < 4.78 is 0. The maximum atomic E-state index is 11.6. The van der Waals surface area contributed by atoms with Gasteiger partial charge >= 0.3 is 0 Å². The van der Waals surface area contributed by atoms with Crippen molar-refractivity contribution < 1.29 is 4.79 Å². The molecule has 0 atom stereocenters. The molecular formula is C15H12Cl2N2O. The zero-order valence-corrected chi connectivity index (χ0v) is 12.5. The van der Waals surface area contributed by atoms with Crippen molar-refractivity contribution in [2.75, 3.05) is 0 Å². The summed E-state index contributed by atoms with van der Waals surface area (Å²) in [5, 5.41) is 9.00. The Hall–Kier alpha value is -1.71. The highest BCUT2D eigenvalue weighted by Gasteiger charge is 2.12. The monoisotopic (exact) mass is 306 g/mol. The lowest BCUT2D eigenvalue weighted by atomic mass is 9.96. The Kier molecular flexibility index (Phi) is 4.53. The zero-order valence-electron chi connectivity index (χ0n) is 11.0. The van der Waals surface area contributed by atoms with Crippen molar-refractivity contribution in [1.82, 2.24) is 0 Å². The molecule has 0 amide bonds. The maximum absolute atomic E-state index is 11.6. The van der Waals surface area contributed by atoms with Gasteiger partial charge < -0.3 is 0 Å². The summed E-state index contributed by atoms with van der Waals surface area (Å²) in [6, 6.07) is 5.00. The van der Waals surface area contributed by atoms with Gasteiger partial charge in [-0.15, -0.1) is 5.11 Å². The van der Waals surface area contributed by atoms with Crippen LogP contribution in [-0.2, 0) is 4.79 Å². The van der Waals surface area contributed by atoms with Gasteiger partial charge in [-0.1, -0.05) is 23.2 Å². The molecule has 1 aromatic carbocycles. The van der Waals surface area contributed by atoms with E-state index in [1.807, 2.05) is 0 Å². The van der Waals surface area contributed by atoms with E-state index in [-0.39, 0.29) is 5.78 Å². The van der Waals surface area contributed by atoms with E-state index in [9.17, 15) is 4.79 Å². The van der Waals surface area contributed by atoms with Gasteiger partial charge in [0, 0.05) is 5.02 Å². The average molecular weight is 307 g/mol. The second-order valence-electron chi connectivity index (χ2n) is 4.42. The highest BCUT2D eigenvalue weighted by Crippen LogP contribution is 2.28. The van der Waals surface area contributed by atoms with Crippen LogP contribution in [0.25, 0.3) is 0 Å². The largest absolute Gasteiger partial charge is 0.289 e. The van der Waals surface area contributed by atoms with E-state index in [1.165, 1.54) is 0 Å². The van der Waals surface area contributed by atoms with Crippen molar-refractivity contribution in [2.24, 2.45) is 10.2 Å². The Morgan fingerprint density at radius 3 is 2.35 bits per heavy atom. The van der Waals surface area contributed by atoms with Crippen molar-refractivity contribution in [3.63, 3.8) is 0 Å². The Morgan fingerprint density at radius 2 is 1.75 bits per heavy atom. The zero-order chi connectivity index (χ0) is 14.7. The lowest BCUT2D eigenvalue weighted by molar-refractivity contribution is -0.112. The van der Waals surface area contributed by atoms with Crippen molar-refractivity contribution in [3.8, 4) is 0 Å². The maximum Gasteiger partial charge on any atom is 0.184 e. The Bertz CT molecular complexity index is 661. The van der Waals surface area contributed by atoms with E-state index < -0.39 is 0 Å². The molecule has 1 aliphatic carbocycles. The quantitative estimate of drug-likeness (QED) is 0.671. The summed E-state index contributed by atoms with van der Waals surface area (Å²) in [5.41, 5.74) is 2.75. The number of benzene rings is 1. The smallest absolute Gasteiger partial charge is 0.184 e. The molecule has 0 unspecified atom stereocenters. The number of rotatable bonds is 2. The molecule has 5 heteroatoms. The molecule has 0 saturated carbocycles. The van der Waals surface area contributed by atoms with E-state index in [0.717, 1.165) is 5.57 Å². The third-order valence-corrected chi connectivity index (χ3v) is 3.30. The fraction of sp³-hybridized carbons (Fsp3) is 0.133. The van der Waals surface area contributed by atoms with Gasteiger partial charge in [0.25, 0.3) is 0 Å². The molecule has 102 valence electrons. The van der Waals surface area contributed by atoms with Gasteiger partial charge in [0.1, 0.15) is 5.69 Å². The fourth-order valence-electron chi connectivity index (χ4n) is 1.78. The lowest BCUT2D eigenvalue weighted by Gasteiger charge is -2.08. The van der Waals surface area contributed by atoms with E-state index in [0.29, 0.717) is 26.9 Å². The number of hydrogen-bond donors (Lipinski definition) is 0. The summed E-state index contributed by atoms with van der Waals surface area (Å²) in [4.78, 5) is 11.6. The van der Waals surface area contributed by atoms with Crippen molar-refractivity contribution in [2.45, 2.75) is 13.8 Å². The van der Waals surface area contributed by atoms with E-state index in [4.69, 9.17) is 23.2 Å². The normalized spacial score (nSPS) is 15.4. The number of ketones is 1. The van der Waals surface area contributed by atoms with Gasteiger partial charge in [0.2, 0.25) is 0 Å². The molecule has 2 rings (SSSR count). The Balaban J connectivity index is 2.21. The molecule has 0 heterocycles. The van der Waals surface area contributed by atoms with Crippen LogP contribution in [0, 0.1) is 0 Å². The lowest BCUT2D eigenvalue weighted by Crippen LogP contribution is -2.05. The minimum atomic E-state index is 0.0554. The van der Waals surface area contributed by atoms with Crippen LogP contribution in [-0.4, -0.2) is 5.78 Å². The van der Waals surface area contributed by atoms with Gasteiger partial charge in [0.05, 0.1) is 11.2 Å². The van der Waals surface area contributed by atoms with E-state index >= 15 is 0 Å². The molecular weight excluding hydrogens is 295 g/mol.